The molecule has 1 saturated carbocycles. The fourth-order valence-electron chi connectivity index (χ4n) is 2.43. The van der Waals surface area contributed by atoms with Gasteiger partial charge < -0.3 is 10.4 Å². The van der Waals surface area contributed by atoms with E-state index in [2.05, 4.69) is 10.3 Å². The number of aromatic nitrogens is 1. The Bertz CT molecular complexity index is 524. The zero-order chi connectivity index (χ0) is 14.0. The summed E-state index contributed by atoms with van der Waals surface area (Å²) in [5.74, 6) is -0.532. The topological polar surface area (TPSA) is 105 Å². The van der Waals surface area contributed by atoms with Crippen LogP contribution in [0.3, 0.4) is 0 Å². The van der Waals surface area contributed by atoms with Crippen LogP contribution < -0.4 is 5.32 Å². The summed E-state index contributed by atoms with van der Waals surface area (Å²) in [4.78, 5) is 25.7. The largest absolute Gasteiger partial charge is 0.480 e. The van der Waals surface area contributed by atoms with Crippen LogP contribution in [0.4, 0.5) is 11.5 Å². The number of aliphatic carboxylic acids is 1. The lowest BCUT2D eigenvalue weighted by Crippen LogP contribution is -2.43. The predicted molar refractivity (Wildman–Crippen MR) is 68.1 cm³/mol. The molecule has 2 N–H and O–H groups in total. The summed E-state index contributed by atoms with van der Waals surface area (Å²) in [5.41, 5.74) is -0.787. The first-order valence-electron chi connectivity index (χ1n) is 6.08. The lowest BCUT2D eigenvalue weighted by Gasteiger charge is -2.25. The van der Waals surface area contributed by atoms with Gasteiger partial charge in [0.1, 0.15) is 17.1 Å². The molecule has 1 aromatic rings. The number of nitrogens with one attached hydrogen (secondary N) is 1. The molecule has 0 aromatic carbocycles. The van der Waals surface area contributed by atoms with Crippen molar-refractivity contribution in [2.45, 2.75) is 38.1 Å². The normalized spacial score (nSPS) is 17.1. The Kier molecular flexibility index (Phi) is 3.37. The van der Waals surface area contributed by atoms with Crippen molar-refractivity contribution in [2.75, 3.05) is 5.32 Å². The van der Waals surface area contributed by atoms with E-state index in [9.17, 15) is 20.0 Å². The van der Waals surface area contributed by atoms with Crippen molar-refractivity contribution in [3.05, 3.63) is 27.9 Å². The molecular weight excluding hydrogens is 250 g/mol. The van der Waals surface area contributed by atoms with Crippen LogP contribution in [0.2, 0.25) is 0 Å². The van der Waals surface area contributed by atoms with Gasteiger partial charge in [0.05, 0.1) is 4.92 Å². The molecule has 0 unspecified atom stereocenters. The van der Waals surface area contributed by atoms with E-state index in [1.165, 1.54) is 19.1 Å². The van der Waals surface area contributed by atoms with Gasteiger partial charge >= 0.3 is 5.97 Å². The molecule has 1 heterocycles. The first kappa shape index (κ1) is 13.3. The summed E-state index contributed by atoms with van der Waals surface area (Å²) in [6.45, 7) is 1.53. The number of hydrogen-bond donors (Lipinski definition) is 2. The minimum absolute atomic E-state index is 0.0682. The van der Waals surface area contributed by atoms with Crippen LogP contribution >= 0.6 is 0 Å². The zero-order valence-corrected chi connectivity index (χ0v) is 10.5. The Balaban J connectivity index is 2.26. The van der Waals surface area contributed by atoms with E-state index < -0.39 is 16.4 Å². The molecule has 0 aliphatic heterocycles. The first-order valence-corrected chi connectivity index (χ1v) is 6.08. The van der Waals surface area contributed by atoms with Crippen LogP contribution in [0.5, 0.6) is 0 Å². The summed E-state index contributed by atoms with van der Waals surface area (Å²) in [6.07, 6.45) is 2.79. The maximum Gasteiger partial charge on any atom is 0.329 e. The quantitative estimate of drug-likeness (QED) is 0.638. The smallest absolute Gasteiger partial charge is 0.329 e. The number of anilines is 1. The van der Waals surface area contributed by atoms with Gasteiger partial charge in [0.2, 0.25) is 0 Å². The second-order valence-electron chi connectivity index (χ2n) is 4.78. The molecule has 102 valence electrons. The Hall–Kier alpha value is -2.18. The second-order valence-corrected chi connectivity index (χ2v) is 4.78. The second kappa shape index (κ2) is 4.83. The number of pyridine rings is 1. The molecule has 0 spiro atoms. The molecule has 7 nitrogen and oxygen atoms in total. The van der Waals surface area contributed by atoms with E-state index in [1.54, 1.807) is 0 Å². The van der Waals surface area contributed by atoms with Gasteiger partial charge in [0.15, 0.2) is 0 Å². The molecule has 1 aliphatic rings. The van der Waals surface area contributed by atoms with Gasteiger partial charge in [0, 0.05) is 6.07 Å². The molecule has 1 aromatic heterocycles. The standard InChI is InChI=1S/C12H15N3O4/c1-8-9(15(18)19)4-5-10(13-8)14-12(11(16)17)6-2-3-7-12/h4-5H,2-3,6-7H2,1H3,(H,13,14)(H,16,17). The molecule has 1 aliphatic carbocycles. The fraction of sp³-hybridized carbons (Fsp3) is 0.500. The van der Waals surface area contributed by atoms with E-state index in [-0.39, 0.29) is 11.4 Å². The van der Waals surface area contributed by atoms with Crippen LogP contribution in [0.25, 0.3) is 0 Å². The Morgan fingerprint density at radius 1 is 1.47 bits per heavy atom. The van der Waals surface area contributed by atoms with E-state index in [0.717, 1.165) is 12.8 Å². The lowest BCUT2D eigenvalue weighted by molar-refractivity contribution is -0.385. The maximum absolute atomic E-state index is 11.4. The molecule has 1 fully saturated rings. The number of carboxylic acid groups (broad SMARTS) is 1. The molecule has 0 radical (unpaired) electrons. The molecule has 0 saturated heterocycles. The van der Waals surface area contributed by atoms with Gasteiger partial charge in [-0.1, -0.05) is 12.8 Å². The number of carboxylic acids is 1. The highest BCUT2D eigenvalue weighted by Gasteiger charge is 2.41. The Morgan fingerprint density at radius 3 is 2.58 bits per heavy atom. The van der Waals surface area contributed by atoms with Gasteiger partial charge in [-0.2, -0.15) is 0 Å². The van der Waals surface area contributed by atoms with Gasteiger partial charge in [0.25, 0.3) is 5.69 Å². The monoisotopic (exact) mass is 265 g/mol. The van der Waals surface area contributed by atoms with Crippen molar-refractivity contribution in [3.63, 3.8) is 0 Å². The van der Waals surface area contributed by atoms with Crippen LogP contribution in [0, 0.1) is 17.0 Å². The average molecular weight is 265 g/mol. The van der Waals surface area contributed by atoms with Gasteiger partial charge in [-0.3, -0.25) is 10.1 Å². The van der Waals surface area contributed by atoms with Crippen LogP contribution in [-0.2, 0) is 4.79 Å². The first-order chi connectivity index (χ1) is 8.94. The number of rotatable bonds is 4. The Labute approximate surface area is 109 Å². The molecule has 19 heavy (non-hydrogen) atoms. The minimum atomic E-state index is -0.991. The van der Waals surface area contributed by atoms with Crippen molar-refractivity contribution in [3.8, 4) is 0 Å². The van der Waals surface area contributed by atoms with Gasteiger partial charge in [-0.25, -0.2) is 9.78 Å². The van der Waals surface area contributed by atoms with E-state index in [4.69, 9.17) is 0 Å². The number of carbonyl (C=O) groups is 1. The molecule has 7 heteroatoms. The summed E-state index contributed by atoms with van der Waals surface area (Å²) < 4.78 is 0. The molecule has 0 amide bonds. The average Bonchev–Trinajstić information content (AvgIpc) is 2.78. The van der Waals surface area contributed by atoms with Crippen molar-refractivity contribution >= 4 is 17.5 Å². The van der Waals surface area contributed by atoms with E-state index in [0.29, 0.717) is 18.7 Å². The number of nitrogens with zero attached hydrogens (tertiary/aromatic N) is 2. The van der Waals surface area contributed by atoms with Gasteiger partial charge in [-0.15, -0.1) is 0 Å². The third kappa shape index (κ3) is 2.49. The summed E-state index contributed by atoms with van der Waals surface area (Å²) in [5, 5.41) is 23.0. The SMILES string of the molecule is Cc1nc(NC2(C(=O)O)CCCC2)ccc1[N+](=O)[O-]. The maximum atomic E-state index is 11.4. The summed E-state index contributed by atoms with van der Waals surface area (Å²) in [7, 11) is 0. The minimum Gasteiger partial charge on any atom is -0.480 e. The lowest BCUT2D eigenvalue weighted by atomic mass is 9.98. The number of hydrogen-bond acceptors (Lipinski definition) is 5. The molecule has 0 bridgehead atoms. The number of nitro groups is 1. The van der Waals surface area contributed by atoms with Crippen LogP contribution in [0.1, 0.15) is 31.4 Å². The van der Waals surface area contributed by atoms with Crippen molar-refractivity contribution in [2.24, 2.45) is 0 Å². The third-order valence-electron chi connectivity index (χ3n) is 3.49. The van der Waals surface area contributed by atoms with Crippen molar-refractivity contribution in [1.82, 2.24) is 4.98 Å². The van der Waals surface area contributed by atoms with Crippen LogP contribution in [0.15, 0.2) is 12.1 Å². The van der Waals surface area contributed by atoms with E-state index in [1.807, 2.05) is 0 Å². The third-order valence-corrected chi connectivity index (χ3v) is 3.49. The molecular formula is C12H15N3O4. The van der Waals surface area contributed by atoms with Gasteiger partial charge in [-0.05, 0) is 25.8 Å². The van der Waals surface area contributed by atoms with Crippen molar-refractivity contribution in [1.29, 1.82) is 0 Å². The molecule has 0 atom stereocenters. The summed E-state index contributed by atoms with van der Waals surface area (Å²) in [6, 6.07) is 2.79. The number of aryl methyl sites for hydroxylation is 1. The summed E-state index contributed by atoms with van der Waals surface area (Å²) >= 11 is 0. The van der Waals surface area contributed by atoms with Crippen molar-refractivity contribution < 1.29 is 14.8 Å². The predicted octanol–water partition coefficient (Wildman–Crippen LogP) is 2.11. The Morgan fingerprint density at radius 2 is 2.11 bits per heavy atom. The highest BCUT2D eigenvalue weighted by molar-refractivity contribution is 5.82. The highest BCUT2D eigenvalue weighted by Crippen LogP contribution is 2.33. The van der Waals surface area contributed by atoms with E-state index >= 15 is 0 Å². The highest BCUT2D eigenvalue weighted by atomic mass is 16.6. The zero-order valence-electron chi connectivity index (χ0n) is 10.5. The van der Waals surface area contributed by atoms with Crippen LogP contribution in [-0.4, -0.2) is 26.5 Å². The molecule has 2 rings (SSSR count). The fourth-order valence-corrected chi connectivity index (χ4v) is 2.43.